The molecule has 0 N–H and O–H groups in total. The van der Waals surface area contributed by atoms with E-state index in [1.165, 1.54) is 0 Å². The largest absolute Gasteiger partial charge is 0.251 e. The number of hydrogen-bond donors (Lipinski definition) is 0. The van der Waals surface area contributed by atoms with Gasteiger partial charge in [0, 0.05) is 17.3 Å². The molecule has 0 radical (unpaired) electrons. The van der Waals surface area contributed by atoms with E-state index in [1.807, 2.05) is 6.07 Å². The lowest BCUT2D eigenvalue weighted by atomic mass is 10.1. The molecule has 2 rings (SSSR count). The van der Waals surface area contributed by atoms with E-state index >= 15 is 0 Å². The van der Waals surface area contributed by atoms with Gasteiger partial charge in [0.2, 0.25) is 0 Å². The molecule has 0 saturated carbocycles. The van der Waals surface area contributed by atoms with Crippen LogP contribution in [0.5, 0.6) is 0 Å². The summed E-state index contributed by atoms with van der Waals surface area (Å²) < 4.78 is 1.67. The van der Waals surface area contributed by atoms with Crippen LogP contribution in [-0.4, -0.2) is 14.6 Å². The third-order valence-electron chi connectivity index (χ3n) is 2.12. The Morgan fingerprint density at radius 3 is 3.00 bits per heavy atom. The number of azide groups is 1. The van der Waals surface area contributed by atoms with Crippen LogP contribution >= 0.6 is 0 Å². The van der Waals surface area contributed by atoms with Crippen LogP contribution < -0.4 is 0 Å². The quantitative estimate of drug-likeness (QED) is 0.426. The Morgan fingerprint density at radius 1 is 1.53 bits per heavy atom. The summed E-state index contributed by atoms with van der Waals surface area (Å²) in [4.78, 5) is 6.72. The molecule has 0 aliphatic carbocycles. The van der Waals surface area contributed by atoms with Gasteiger partial charge in [-0.25, -0.2) is 4.52 Å². The van der Waals surface area contributed by atoms with E-state index in [0.717, 1.165) is 11.2 Å². The number of aromatic nitrogens is 3. The van der Waals surface area contributed by atoms with Crippen LogP contribution in [0.15, 0.2) is 23.6 Å². The van der Waals surface area contributed by atoms with Crippen molar-refractivity contribution in [3.05, 3.63) is 34.6 Å². The van der Waals surface area contributed by atoms with Gasteiger partial charge in [0.25, 0.3) is 0 Å². The molecule has 0 aromatic carbocycles. The van der Waals surface area contributed by atoms with E-state index in [4.69, 9.17) is 5.53 Å². The molecule has 2 aromatic heterocycles. The van der Waals surface area contributed by atoms with E-state index in [9.17, 15) is 0 Å². The fraction of sp³-hybridized carbons (Fsp3) is 0.333. The minimum absolute atomic E-state index is 0.337. The zero-order valence-corrected chi connectivity index (χ0v) is 8.49. The van der Waals surface area contributed by atoms with Gasteiger partial charge in [-0.05, 0) is 22.6 Å². The Bertz CT molecular complexity index is 535. The Labute approximate surface area is 86.2 Å². The highest BCUT2D eigenvalue weighted by Gasteiger charge is 2.08. The van der Waals surface area contributed by atoms with Gasteiger partial charge in [0.15, 0.2) is 5.82 Å². The first-order valence-electron chi connectivity index (χ1n) is 4.61. The smallest absolute Gasteiger partial charge is 0.152 e. The average molecular weight is 202 g/mol. The van der Waals surface area contributed by atoms with Crippen molar-refractivity contribution in [2.75, 3.05) is 0 Å². The highest BCUT2D eigenvalue weighted by Crippen LogP contribution is 2.21. The van der Waals surface area contributed by atoms with Crippen molar-refractivity contribution in [3.8, 4) is 0 Å². The van der Waals surface area contributed by atoms with Crippen LogP contribution in [-0.2, 0) is 0 Å². The van der Waals surface area contributed by atoms with Crippen molar-refractivity contribution in [2.45, 2.75) is 19.8 Å². The van der Waals surface area contributed by atoms with Crippen molar-refractivity contribution in [2.24, 2.45) is 5.11 Å². The number of rotatable bonds is 2. The Kier molecular flexibility index (Phi) is 2.27. The number of fused-ring (bicyclic) bond motifs is 1. The third kappa shape index (κ3) is 1.62. The van der Waals surface area contributed by atoms with Crippen LogP contribution in [0.4, 0.5) is 5.82 Å². The average Bonchev–Trinajstić information content (AvgIpc) is 2.63. The first kappa shape index (κ1) is 9.48. The van der Waals surface area contributed by atoms with Crippen molar-refractivity contribution in [1.29, 1.82) is 0 Å². The highest BCUT2D eigenvalue weighted by molar-refractivity contribution is 5.64. The van der Waals surface area contributed by atoms with Gasteiger partial charge in [-0.1, -0.05) is 13.8 Å². The maximum absolute atomic E-state index is 8.38. The van der Waals surface area contributed by atoms with Crippen molar-refractivity contribution in [1.82, 2.24) is 14.6 Å². The lowest BCUT2D eigenvalue weighted by Gasteiger charge is -1.95. The second-order valence-corrected chi connectivity index (χ2v) is 3.49. The molecule has 76 valence electrons. The molecular formula is C9H10N6. The first-order valence-corrected chi connectivity index (χ1v) is 4.61. The zero-order valence-electron chi connectivity index (χ0n) is 8.49. The maximum Gasteiger partial charge on any atom is 0.152 e. The van der Waals surface area contributed by atoms with E-state index < -0.39 is 0 Å². The molecule has 15 heavy (non-hydrogen) atoms. The normalized spacial score (nSPS) is 10.6. The lowest BCUT2D eigenvalue weighted by Crippen LogP contribution is -1.90. The highest BCUT2D eigenvalue weighted by atomic mass is 15.3. The fourth-order valence-corrected chi connectivity index (χ4v) is 1.33. The minimum atomic E-state index is 0.337. The SMILES string of the molecule is CC(C)c1cc2c(N=[N+]=[N-])nccn2n1. The van der Waals surface area contributed by atoms with Crippen LogP contribution in [0.1, 0.15) is 25.5 Å². The third-order valence-corrected chi connectivity index (χ3v) is 2.12. The van der Waals surface area contributed by atoms with E-state index in [1.54, 1.807) is 16.9 Å². The Morgan fingerprint density at radius 2 is 2.33 bits per heavy atom. The lowest BCUT2D eigenvalue weighted by molar-refractivity contribution is 0.787. The molecular weight excluding hydrogens is 192 g/mol. The summed E-state index contributed by atoms with van der Waals surface area (Å²) in [6.45, 7) is 4.12. The summed E-state index contributed by atoms with van der Waals surface area (Å²) in [5.41, 5.74) is 10.1. The van der Waals surface area contributed by atoms with Gasteiger partial charge < -0.3 is 0 Å². The predicted molar refractivity (Wildman–Crippen MR) is 55.9 cm³/mol. The van der Waals surface area contributed by atoms with Gasteiger partial charge in [-0.15, -0.1) is 0 Å². The van der Waals surface area contributed by atoms with Gasteiger partial charge in [0.05, 0.1) is 11.2 Å². The number of hydrogen-bond acceptors (Lipinski definition) is 3. The summed E-state index contributed by atoms with van der Waals surface area (Å²) in [5.74, 6) is 0.697. The molecule has 2 aromatic rings. The van der Waals surface area contributed by atoms with Crippen LogP contribution in [0, 0.1) is 0 Å². The summed E-state index contributed by atoms with van der Waals surface area (Å²) in [5, 5.41) is 7.86. The molecule has 0 saturated heterocycles. The molecule has 2 heterocycles. The molecule has 0 unspecified atom stereocenters. The standard InChI is InChI=1S/C9H10N6/c1-6(2)7-5-8-9(12-14-10)11-3-4-15(8)13-7/h3-6H,1-2H3. The Hall–Kier alpha value is -2.07. The van der Waals surface area contributed by atoms with Crippen molar-refractivity contribution >= 4 is 11.3 Å². The van der Waals surface area contributed by atoms with Gasteiger partial charge in [-0.2, -0.15) is 5.10 Å². The van der Waals surface area contributed by atoms with Crippen molar-refractivity contribution in [3.63, 3.8) is 0 Å². The molecule has 0 spiro atoms. The second-order valence-electron chi connectivity index (χ2n) is 3.49. The monoisotopic (exact) mass is 202 g/mol. The zero-order chi connectivity index (χ0) is 10.8. The van der Waals surface area contributed by atoms with E-state index in [0.29, 0.717) is 11.7 Å². The van der Waals surface area contributed by atoms with Gasteiger partial charge in [-0.3, -0.25) is 4.98 Å². The Balaban J connectivity index is 2.69. The molecule has 0 fully saturated rings. The van der Waals surface area contributed by atoms with E-state index in [2.05, 4.69) is 34.0 Å². The minimum Gasteiger partial charge on any atom is -0.251 e. The summed E-state index contributed by atoms with van der Waals surface area (Å²) >= 11 is 0. The summed E-state index contributed by atoms with van der Waals surface area (Å²) in [7, 11) is 0. The van der Waals surface area contributed by atoms with Gasteiger partial charge in [0.1, 0.15) is 0 Å². The van der Waals surface area contributed by atoms with Crippen LogP contribution in [0.25, 0.3) is 16.0 Å². The molecule has 6 heteroatoms. The van der Waals surface area contributed by atoms with Crippen molar-refractivity contribution < 1.29 is 0 Å². The van der Waals surface area contributed by atoms with E-state index in [-0.39, 0.29) is 0 Å². The molecule has 0 aliphatic heterocycles. The molecule has 0 bridgehead atoms. The second kappa shape index (κ2) is 3.59. The van der Waals surface area contributed by atoms with Crippen LogP contribution in [0.2, 0.25) is 0 Å². The summed E-state index contributed by atoms with van der Waals surface area (Å²) in [6, 6.07) is 1.89. The topological polar surface area (TPSA) is 79.0 Å². The number of nitrogens with zero attached hydrogens (tertiary/aromatic N) is 6. The molecule has 0 aliphatic rings. The fourth-order valence-electron chi connectivity index (χ4n) is 1.33. The maximum atomic E-state index is 8.38. The van der Waals surface area contributed by atoms with Crippen LogP contribution in [0.3, 0.4) is 0 Å². The molecule has 0 amide bonds. The molecule has 0 atom stereocenters. The molecule has 6 nitrogen and oxygen atoms in total. The van der Waals surface area contributed by atoms with Gasteiger partial charge >= 0.3 is 0 Å². The predicted octanol–water partition coefficient (Wildman–Crippen LogP) is 2.79. The summed E-state index contributed by atoms with van der Waals surface area (Å²) in [6.07, 6.45) is 3.30. The first-order chi connectivity index (χ1) is 7.22.